The van der Waals surface area contributed by atoms with Gasteiger partial charge in [0.2, 0.25) is 0 Å². The average Bonchev–Trinajstić information content (AvgIpc) is 2.67. The summed E-state index contributed by atoms with van der Waals surface area (Å²) < 4.78 is 10.6. The minimum absolute atomic E-state index is 0.377. The number of nitrogens with two attached hydrogens (primary N) is 1. The molecule has 3 N–H and O–H groups in total. The quantitative estimate of drug-likeness (QED) is 0.536. The van der Waals surface area contributed by atoms with E-state index in [4.69, 9.17) is 15.2 Å². The maximum absolute atomic E-state index is 5.97. The molecule has 0 aliphatic heterocycles. The standard InChI is InChI=1S/C21H29N3O2/c1-16(13-18-9-10-19(25-2)20(14-18)26-3)15-24-21(22)23-12-11-17-7-5-4-6-8-17/h4-10,14,16H,11-13,15H2,1-3H3,(H3,22,23,24). The lowest BCUT2D eigenvalue weighted by Gasteiger charge is -2.13. The van der Waals surface area contributed by atoms with E-state index < -0.39 is 0 Å². The summed E-state index contributed by atoms with van der Waals surface area (Å²) in [6.45, 7) is 3.62. The van der Waals surface area contributed by atoms with Crippen molar-refractivity contribution >= 4 is 5.96 Å². The van der Waals surface area contributed by atoms with Crippen molar-refractivity contribution in [3.8, 4) is 11.5 Å². The zero-order valence-electron chi connectivity index (χ0n) is 15.9. The van der Waals surface area contributed by atoms with Gasteiger partial charge >= 0.3 is 0 Å². The molecule has 0 bridgehead atoms. The minimum atomic E-state index is 0.377. The topological polar surface area (TPSA) is 68.9 Å². The molecule has 140 valence electrons. The number of ether oxygens (including phenoxy) is 2. The molecular weight excluding hydrogens is 326 g/mol. The first-order valence-electron chi connectivity index (χ1n) is 8.91. The molecular formula is C21H29N3O2. The molecule has 0 spiro atoms. The smallest absolute Gasteiger partial charge is 0.188 e. The second kappa shape index (κ2) is 10.3. The van der Waals surface area contributed by atoms with Crippen molar-refractivity contribution in [1.82, 2.24) is 5.32 Å². The molecule has 2 rings (SSSR count). The highest BCUT2D eigenvalue weighted by molar-refractivity contribution is 5.77. The zero-order valence-corrected chi connectivity index (χ0v) is 15.9. The number of hydrogen-bond acceptors (Lipinski definition) is 3. The first-order chi connectivity index (χ1) is 12.6. The van der Waals surface area contributed by atoms with Gasteiger partial charge in [0.05, 0.1) is 14.2 Å². The molecule has 2 aromatic carbocycles. The van der Waals surface area contributed by atoms with Crippen LogP contribution in [0, 0.1) is 5.92 Å². The summed E-state index contributed by atoms with van der Waals surface area (Å²) >= 11 is 0. The predicted octanol–water partition coefficient (Wildman–Crippen LogP) is 3.03. The van der Waals surface area contributed by atoms with E-state index in [2.05, 4.69) is 35.4 Å². The van der Waals surface area contributed by atoms with Gasteiger partial charge in [-0.1, -0.05) is 43.3 Å². The van der Waals surface area contributed by atoms with E-state index in [1.54, 1.807) is 14.2 Å². The van der Waals surface area contributed by atoms with E-state index in [1.807, 2.05) is 30.3 Å². The Hall–Kier alpha value is -2.69. The van der Waals surface area contributed by atoms with Crippen LogP contribution in [0.4, 0.5) is 0 Å². The van der Waals surface area contributed by atoms with Crippen molar-refractivity contribution in [1.29, 1.82) is 0 Å². The normalized spacial score (nSPS) is 12.5. The third-order valence-electron chi connectivity index (χ3n) is 4.17. The van der Waals surface area contributed by atoms with E-state index in [1.165, 1.54) is 11.1 Å². The molecule has 0 aliphatic carbocycles. The Morgan fingerprint density at radius 2 is 1.77 bits per heavy atom. The lowest BCUT2D eigenvalue weighted by atomic mass is 10.0. The first kappa shape index (κ1) is 19.6. The maximum Gasteiger partial charge on any atom is 0.188 e. The number of nitrogens with one attached hydrogen (secondary N) is 1. The largest absolute Gasteiger partial charge is 0.493 e. The van der Waals surface area contributed by atoms with Crippen LogP contribution in [0.1, 0.15) is 18.1 Å². The summed E-state index contributed by atoms with van der Waals surface area (Å²) in [7, 11) is 3.29. The minimum Gasteiger partial charge on any atom is -0.493 e. The van der Waals surface area contributed by atoms with Gasteiger partial charge in [-0.25, -0.2) is 0 Å². The van der Waals surface area contributed by atoms with Crippen LogP contribution in [-0.4, -0.2) is 33.3 Å². The Bertz CT molecular complexity index is 702. The summed E-state index contributed by atoms with van der Waals surface area (Å²) in [6.07, 6.45) is 1.83. The number of hydrogen-bond donors (Lipinski definition) is 2. The summed E-state index contributed by atoms with van der Waals surface area (Å²) in [5, 5.41) is 3.17. The highest BCUT2D eigenvalue weighted by atomic mass is 16.5. The highest BCUT2D eigenvalue weighted by Gasteiger charge is 2.08. The molecule has 0 heterocycles. The van der Waals surface area contributed by atoms with Crippen LogP contribution in [0.25, 0.3) is 0 Å². The van der Waals surface area contributed by atoms with Gasteiger partial charge in [0, 0.05) is 13.1 Å². The fourth-order valence-electron chi connectivity index (χ4n) is 2.76. The third kappa shape index (κ3) is 6.31. The van der Waals surface area contributed by atoms with E-state index in [0.717, 1.165) is 30.9 Å². The molecule has 0 fully saturated rings. The van der Waals surface area contributed by atoms with Crippen LogP contribution in [-0.2, 0) is 12.8 Å². The van der Waals surface area contributed by atoms with E-state index in [9.17, 15) is 0 Å². The Balaban J connectivity index is 1.77. The van der Waals surface area contributed by atoms with Crippen LogP contribution >= 0.6 is 0 Å². The van der Waals surface area contributed by atoms with Crippen LogP contribution in [0.5, 0.6) is 11.5 Å². The van der Waals surface area contributed by atoms with Crippen LogP contribution < -0.4 is 20.5 Å². The number of benzene rings is 2. The maximum atomic E-state index is 5.97. The SMILES string of the molecule is COc1ccc(CC(C)CN=C(N)NCCc2ccccc2)cc1OC. The van der Waals surface area contributed by atoms with Crippen molar-refractivity contribution in [2.75, 3.05) is 27.3 Å². The Morgan fingerprint density at radius 1 is 1.04 bits per heavy atom. The molecule has 26 heavy (non-hydrogen) atoms. The summed E-state index contributed by atoms with van der Waals surface area (Å²) in [4.78, 5) is 4.46. The fraction of sp³-hybridized carbons (Fsp3) is 0.381. The van der Waals surface area contributed by atoms with Gasteiger partial charge in [-0.2, -0.15) is 0 Å². The Morgan fingerprint density at radius 3 is 2.46 bits per heavy atom. The molecule has 0 aromatic heterocycles. The van der Waals surface area contributed by atoms with Crippen molar-refractivity contribution in [3.63, 3.8) is 0 Å². The molecule has 0 saturated heterocycles. The predicted molar refractivity (Wildman–Crippen MR) is 107 cm³/mol. The third-order valence-corrected chi connectivity index (χ3v) is 4.17. The lowest BCUT2D eigenvalue weighted by Crippen LogP contribution is -2.33. The number of aliphatic imine (C=N–C) groups is 1. The lowest BCUT2D eigenvalue weighted by molar-refractivity contribution is 0.354. The van der Waals surface area contributed by atoms with Crippen molar-refractivity contribution < 1.29 is 9.47 Å². The van der Waals surface area contributed by atoms with Gasteiger partial charge in [0.15, 0.2) is 17.5 Å². The number of rotatable bonds is 9. The van der Waals surface area contributed by atoms with Crippen molar-refractivity contribution in [2.24, 2.45) is 16.6 Å². The molecule has 1 atom stereocenters. The molecule has 0 radical (unpaired) electrons. The van der Waals surface area contributed by atoms with Crippen LogP contribution in [0.2, 0.25) is 0 Å². The summed E-state index contributed by atoms with van der Waals surface area (Å²) in [5.74, 6) is 2.37. The summed E-state index contributed by atoms with van der Waals surface area (Å²) in [6, 6.07) is 16.3. The molecule has 0 aliphatic rings. The van der Waals surface area contributed by atoms with Crippen LogP contribution in [0.15, 0.2) is 53.5 Å². The Kier molecular flexibility index (Phi) is 7.80. The molecule has 1 unspecified atom stereocenters. The van der Waals surface area contributed by atoms with Gasteiger partial charge in [-0.05, 0) is 42.0 Å². The van der Waals surface area contributed by atoms with Gasteiger partial charge in [0.1, 0.15) is 0 Å². The van der Waals surface area contributed by atoms with Crippen molar-refractivity contribution in [3.05, 3.63) is 59.7 Å². The molecule has 5 heteroatoms. The van der Waals surface area contributed by atoms with E-state index >= 15 is 0 Å². The molecule has 2 aromatic rings. The fourth-order valence-corrected chi connectivity index (χ4v) is 2.76. The van der Waals surface area contributed by atoms with Crippen molar-refractivity contribution in [2.45, 2.75) is 19.8 Å². The number of methoxy groups -OCH3 is 2. The monoisotopic (exact) mass is 355 g/mol. The van der Waals surface area contributed by atoms with Gasteiger partial charge < -0.3 is 20.5 Å². The molecule has 0 amide bonds. The highest BCUT2D eigenvalue weighted by Crippen LogP contribution is 2.28. The van der Waals surface area contributed by atoms with Gasteiger partial charge in [-0.15, -0.1) is 0 Å². The van der Waals surface area contributed by atoms with Gasteiger partial charge in [-0.3, -0.25) is 4.99 Å². The summed E-state index contributed by atoms with van der Waals surface area (Å²) in [5.41, 5.74) is 8.45. The second-order valence-electron chi connectivity index (χ2n) is 6.39. The number of nitrogens with zero attached hydrogens (tertiary/aromatic N) is 1. The van der Waals surface area contributed by atoms with E-state index in [-0.39, 0.29) is 0 Å². The molecule has 0 saturated carbocycles. The second-order valence-corrected chi connectivity index (χ2v) is 6.39. The zero-order chi connectivity index (χ0) is 18.8. The van der Waals surface area contributed by atoms with E-state index in [0.29, 0.717) is 18.4 Å². The Labute approximate surface area is 156 Å². The first-order valence-corrected chi connectivity index (χ1v) is 8.91. The molecule has 5 nitrogen and oxygen atoms in total. The number of guanidine groups is 1. The van der Waals surface area contributed by atoms with Crippen LogP contribution in [0.3, 0.4) is 0 Å². The average molecular weight is 355 g/mol. The van der Waals surface area contributed by atoms with Gasteiger partial charge in [0.25, 0.3) is 0 Å².